The van der Waals surface area contributed by atoms with Gasteiger partial charge in [0.15, 0.2) is 0 Å². The molecule has 0 radical (unpaired) electrons. The van der Waals surface area contributed by atoms with Crippen molar-refractivity contribution in [1.29, 1.82) is 0 Å². The van der Waals surface area contributed by atoms with Crippen LogP contribution in [0.1, 0.15) is 18.1 Å². The molecule has 0 unspecified atom stereocenters. The van der Waals surface area contributed by atoms with Crippen molar-refractivity contribution in [2.45, 2.75) is 19.1 Å². The van der Waals surface area contributed by atoms with E-state index in [0.717, 1.165) is 12.3 Å². The standard InChI is InChI=1S/C11H15NS/c1-2-13-8-9-3-4-11-10(7-9)5-6-12-11/h3-4,7,12H,2,5-6,8H2,1H3. The minimum Gasteiger partial charge on any atom is -0.384 e. The molecule has 0 aromatic heterocycles. The number of rotatable bonds is 3. The Balaban J connectivity index is 2.12. The largest absolute Gasteiger partial charge is 0.384 e. The first-order valence-corrected chi connectivity index (χ1v) is 5.99. The van der Waals surface area contributed by atoms with Gasteiger partial charge in [-0.3, -0.25) is 0 Å². The molecule has 0 aliphatic carbocycles. The average molecular weight is 193 g/mol. The summed E-state index contributed by atoms with van der Waals surface area (Å²) in [5.41, 5.74) is 4.30. The van der Waals surface area contributed by atoms with Gasteiger partial charge in [-0.05, 0) is 29.4 Å². The molecule has 1 N–H and O–H groups in total. The van der Waals surface area contributed by atoms with Crippen LogP contribution in [0.3, 0.4) is 0 Å². The maximum atomic E-state index is 3.38. The predicted molar refractivity (Wildman–Crippen MR) is 60.5 cm³/mol. The summed E-state index contributed by atoms with van der Waals surface area (Å²) in [6, 6.07) is 6.80. The number of nitrogens with one attached hydrogen (secondary N) is 1. The van der Waals surface area contributed by atoms with E-state index in [1.807, 2.05) is 11.8 Å². The zero-order chi connectivity index (χ0) is 9.10. The minimum absolute atomic E-state index is 1.11. The van der Waals surface area contributed by atoms with Gasteiger partial charge in [0.05, 0.1) is 0 Å². The average Bonchev–Trinajstić information content (AvgIpc) is 2.61. The van der Waals surface area contributed by atoms with Gasteiger partial charge in [0.25, 0.3) is 0 Å². The topological polar surface area (TPSA) is 12.0 Å². The van der Waals surface area contributed by atoms with Gasteiger partial charge < -0.3 is 5.32 Å². The van der Waals surface area contributed by atoms with E-state index in [-0.39, 0.29) is 0 Å². The third-order valence-electron chi connectivity index (χ3n) is 2.35. The first-order valence-electron chi connectivity index (χ1n) is 4.83. The minimum atomic E-state index is 1.11. The lowest BCUT2D eigenvalue weighted by Gasteiger charge is -2.03. The van der Waals surface area contributed by atoms with Crippen LogP contribution in [0.25, 0.3) is 0 Å². The third kappa shape index (κ3) is 1.99. The Morgan fingerprint density at radius 3 is 3.23 bits per heavy atom. The zero-order valence-corrected chi connectivity index (χ0v) is 8.79. The van der Waals surface area contributed by atoms with Crippen LogP contribution >= 0.6 is 11.8 Å². The van der Waals surface area contributed by atoms with Gasteiger partial charge in [-0.2, -0.15) is 11.8 Å². The van der Waals surface area contributed by atoms with Crippen LogP contribution in [0.15, 0.2) is 18.2 Å². The normalized spacial score (nSPS) is 13.9. The van der Waals surface area contributed by atoms with Crippen molar-refractivity contribution < 1.29 is 0 Å². The molecule has 1 aromatic rings. The first kappa shape index (κ1) is 8.95. The van der Waals surface area contributed by atoms with E-state index in [2.05, 4.69) is 30.4 Å². The van der Waals surface area contributed by atoms with E-state index in [1.165, 1.54) is 29.0 Å². The molecule has 0 bridgehead atoms. The molecule has 0 spiro atoms. The quantitative estimate of drug-likeness (QED) is 0.792. The highest BCUT2D eigenvalue weighted by atomic mass is 32.2. The molecule has 1 aliphatic heterocycles. The highest BCUT2D eigenvalue weighted by molar-refractivity contribution is 7.98. The summed E-state index contributed by atoms with van der Waals surface area (Å²) in [6.45, 7) is 3.32. The Kier molecular flexibility index (Phi) is 2.79. The van der Waals surface area contributed by atoms with E-state index in [9.17, 15) is 0 Å². The van der Waals surface area contributed by atoms with Crippen LogP contribution in [0, 0.1) is 0 Å². The number of hydrogen-bond acceptors (Lipinski definition) is 2. The third-order valence-corrected chi connectivity index (χ3v) is 3.30. The SMILES string of the molecule is CCSCc1ccc2c(c1)CCN2. The van der Waals surface area contributed by atoms with Crippen molar-refractivity contribution in [2.24, 2.45) is 0 Å². The molecule has 0 saturated carbocycles. The number of hydrogen-bond donors (Lipinski definition) is 1. The molecular formula is C11H15NS. The lowest BCUT2D eigenvalue weighted by molar-refractivity contribution is 1.10. The molecule has 2 heteroatoms. The molecule has 0 amide bonds. The molecule has 1 heterocycles. The molecule has 0 fully saturated rings. The van der Waals surface area contributed by atoms with Gasteiger partial charge in [0, 0.05) is 18.0 Å². The maximum Gasteiger partial charge on any atom is 0.0373 e. The summed E-state index contributed by atoms with van der Waals surface area (Å²) in [5, 5.41) is 3.38. The molecular weight excluding hydrogens is 178 g/mol. The van der Waals surface area contributed by atoms with Crippen molar-refractivity contribution in [3.05, 3.63) is 29.3 Å². The fourth-order valence-electron chi connectivity index (χ4n) is 1.67. The second kappa shape index (κ2) is 4.05. The second-order valence-electron chi connectivity index (χ2n) is 3.31. The van der Waals surface area contributed by atoms with Gasteiger partial charge in [-0.15, -0.1) is 0 Å². The summed E-state index contributed by atoms with van der Waals surface area (Å²) < 4.78 is 0. The lowest BCUT2D eigenvalue weighted by Crippen LogP contribution is -1.90. The van der Waals surface area contributed by atoms with Crippen molar-refractivity contribution in [1.82, 2.24) is 0 Å². The van der Waals surface area contributed by atoms with Crippen molar-refractivity contribution in [2.75, 3.05) is 17.6 Å². The van der Waals surface area contributed by atoms with Crippen molar-refractivity contribution in [3.63, 3.8) is 0 Å². The molecule has 1 aromatic carbocycles. The number of thioether (sulfide) groups is 1. The smallest absolute Gasteiger partial charge is 0.0373 e. The van der Waals surface area contributed by atoms with Crippen molar-refractivity contribution >= 4 is 17.4 Å². The van der Waals surface area contributed by atoms with Gasteiger partial charge in [0.2, 0.25) is 0 Å². The van der Waals surface area contributed by atoms with Crippen LogP contribution in [0.5, 0.6) is 0 Å². The molecule has 2 rings (SSSR count). The van der Waals surface area contributed by atoms with E-state index >= 15 is 0 Å². The molecule has 0 atom stereocenters. The molecule has 70 valence electrons. The fourth-order valence-corrected chi connectivity index (χ4v) is 2.29. The van der Waals surface area contributed by atoms with Crippen LogP contribution in [0.2, 0.25) is 0 Å². The highest BCUT2D eigenvalue weighted by Gasteiger charge is 2.09. The number of anilines is 1. The Labute approximate surface area is 83.9 Å². The molecule has 1 nitrogen and oxygen atoms in total. The summed E-state index contributed by atoms with van der Waals surface area (Å²) in [7, 11) is 0. The monoisotopic (exact) mass is 193 g/mol. The number of fused-ring (bicyclic) bond motifs is 1. The first-order chi connectivity index (χ1) is 6.40. The van der Waals surface area contributed by atoms with Gasteiger partial charge >= 0.3 is 0 Å². The Morgan fingerprint density at radius 1 is 1.46 bits per heavy atom. The summed E-state index contributed by atoms with van der Waals surface area (Å²) in [5.74, 6) is 2.36. The Bertz CT molecular complexity index is 296. The van der Waals surface area contributed by atoms with Crippen molar-refractivity contribution in [3.8, 4) is 0 Å². The van der Waals surface area contributed by atoms with Crippen LogP contribution < -0.4 is 5.32 Å². The maximum absolute atomic E-state index is 3.38. The highest BCUT2D eigenvalue weighted by Crippen LogP contribution is 2.24. The van der Waals surface area contributed by atoms with Gasteiger partial charge in [-0.1, -0.05) is 19.1 Å². The summed E-state index contributed by atoms with van der Waals surface area (Å²) in [4.78, 5) is 0. The lowest BCUT2D eigenvalue weighted by atomic mass is 10.1. The molecule has 1 aliphatic rings. The predicted octanol–water partition coefficient (Wildman–Crippen LogP) is 2.91. The van der Waals surface area contributed by atoms with E-state index < -0.39 is 0 Å². The zero-order valence-electron chi connectivity index (χ0n) is 7.97. The molecule has 13 heavy (non-hydrogen) atoms. The van der Waals surface area contributed by atoms with E-state index in [1.54, 1.807) is 0 Å². The van der Waals surface area contributed by atoms with Gasteiger partial charge in [-0.25, -0.2) is 0 Å². The molecule has 0 saturated heterocycles. The number of benzene rings is 1. The van der Waals surface area contributed by atoms with E-state index in [4.69, 9.17) is 0 Å². The summed E-state index contributed by atoms with van der Waals surface area (Å²) >= 11 is 1.99. The Hall–Kier alpha value is -0.630. The van der Waals surface area contributed by atoms with Crippen LogP contribution in [-0.4, -0.2) is 12.3 Å². The Morgan fingerprint density at radius 2 is 2.38 bits per heavy atom. The fraction of sp³-hybridized carbons (Fsp3) is 0.455. The van der Waals surface area contributed by atoms with Crippen LogP contribution in [0.4, 0.5) is 5.69 Å². The van der Waals surface area contributed by atoms with Gasteiger partial charge in [0.1, 0.15) is 0 Å². The van der Waals surface area contributed by atoms with Crippen LogP contribution in [-0.2, 0) is 12.2 Å². The second-order valence-corrected chi connectivity index (χ2v) is 4.58. The summed E-state index contributed by atoms with van der Waals surface area (Å²) in [6.07, 6.45) is 1.19. The van der Waals surface area contributed by atoms with E-state index in [0.29, 0.717) is 0 Å².